The van der Waals surface area contributed by atoms with E-state index in [1.54, 1.807) is 11.3 Å². The Hall–Kier alpha value is -3.45. The molecule has 0 amide bonds. The smallest absolute Gasteiger partial charge is 0.306 e. The molecule has 3 heterocycles. The van der Waals surface area contributed by atoms with Gasteiger partial charge in [-0.2, -0.15) is 5.26 Å². The molecule has 1 N–H and O–H groups in total. The Morgan fingerprint density at radius 2 is 2.05 bits per heavy atom. The van der Waals surface area contributed by atoms with Crippen LogP contribution in [0.3, 0.4) is 0 Å². The molecule has 2 aromatic carbocycles. The molecule has 3 aromatic rings. The predicted octanol–water partition coefficient (Wildman–Crippen LogP) is 4.95. The third kappa shape index (κ3) is 6.41. The number of aromatic nitrogens is 1. The number of hydrogen-bond donors (Lipinski definition) is 1. The van der Waals surface area contributed by atoms with Crippen LogP contribution in [0.25, 0.3) is 11.3 Å². The number of aryl methyl sites for hydroxylation is 1. The molecule has 204 valence electrons. The second kappa shape index (κ2) is 12.2. The fourth-order valence-electron chi connectivity index (χ4n) is 5.31. The predicted molar refractivity (Wildman–Crippen MR) is 151 cm³/mol. The Labute approximate surface area is 233 Å². The van der Waals surface area contributed by atoms with Crippen LogP contribution in [0.5, 0.6) is 5.75 Å². The van der Waals surface area contributed by atoms with E-state index < -0.39 is 5.97 Å². The van der Waals surface area contributed by atoms with Crippen molar-refractivity contribution in [1.82, 2.24) is 9.88 Å². The molecule has 2 unspecified atom stereocenters. The Kier molecular flexibility index (Phi) is 8.46. The summed E-state index contributed by atoms with van der Waals surface area (Å²) in [4.78, 5) is 20.9. The molecule has 1 aromatic heterocycles. The highest BCUT2D eigenvalue weighted by Crippen LogP contribution is 2.36. The zero-order valence-electron chi connectivity index (χ0n) is 22.4. The molecule has 2 aliphatic rings. The Morgan fingerprint density at radius 3 is 2.79 bits per heavy atom. The Morgan fingerprint density at radius 1 is 1.23 bits per heavy atom. The summed E-state index contributed by atoms with van der Waals surface area (Å²) in [7, 11) is 0. The van der Waals surface area contributed by atoms with Crippen molar-refractivity contribution in [3.8, 4) is 23.1 Å². The van der Waals surface area contributed by atoms with Crippen molar-refractivity contribution in [2.24, 2.45) is 11.8 Å². The third-order valence-corrected chi connectivity index (χ3v) is 8.49. The minimum atomic E-state index is -0.713. The first-order chi connectivity index (χ1) is 18.9. The second-order valence-corrected chi connectivity index (χ2v) is 11.3. The lowest BCUT2D eigenvalue weighted by atomic mass is 9.87. The number of anilines is 1. The van der Waals surface area contributed by atoms with Crippen LogP contribution in [-0.2, 0) is 22.7 Å². The number of ether oxygens (including phenoxy) is 2. The summed E-state index contributed by atoms with van der Waals surface area (Å²) in [6, 6.07) is 14.4. The minimum absolute atomic E-state index is 0.0658. The van der Waals surface area contributed by atoms with Crippen LogP contribution in [0.4, 0.5) is 5.13 Å². The summed E-state index contributed by atoms with van der Waals surface area (Å²) in [6.45, 7) is 9.80. The van der Waals surface area contributed by atoms with Crippen LogP contribution in [0, 0.1) is 30.1 Å². The fraction of sp³-hybridized carbons (Fsp3) is 0.433. The Balaban J connectivity index is 1.29. The molecule has 5 rings (SSSR count). The SMILES string of the molecule is Cc1ccc(OCc2ccc(CN3CCOCC3)cc2C#N)c(-c2csc(N3CCC(C(=O)O)C(C)C3)n2)c1. The van der Waals surface area contributed by atoms with Gasteiger partial charge in [-0.1, -0.05) is 30.7 Å². The van der Waals surface area contributed by atoms with Crippen LogP contribution in [0.2, 0.25) is 0 Å². The van der Waals surface area contributed by atoms with Crippen molar-refractivity contribution in [3.63, 3.8) is 0 Å². The first-order valence-corrected chi connectivity index (χ1v) is 14.3. The largest absolute Gasteiger partial charge is 0.488 e. The first kappa shape index (κ1) is 27.1. The number of piperidine rings is 1. The summed E-state index contributed by atoms with van der Waals surface area (Å²) in [5.41, 5.74) is 5.45. The van der Waals surface area contributed by atoms with Crippen LogP contribution in [-0.4, -0.2) is 60.4 Å². The van der Waals surface area contributed by atoms with Gasteiger partial charge in [0.1, 0.15) is 12.4 Å². The molecule has 2 saturated heterocycles. The summed E-state index contributed by atoms with van der Waals surface area (Å²) >= 11 is 1.57. The number of carboxylic acid groups (broad SMARTS) is 1. The molecule has 8 nitrogen and oxygen atoms in total. The van der Waals surface area contributed by atoms with Gasteiger partial charge in [0, 0.05) is 49.2 Å². The molecular weight excluding hydrogens is 512 g/mol. The highest BCUT2D eigenvalue weighted by Gasteiger charge is 2.32. The van der Waals surface area contributed by atoms with Gasteiger partial charge in [-0.3, -0.25) is 9.69 Å². The maximum absolute atomic E-state index is 11.5. The summed E-state index contributed by atoms with van der Waals surface area (Å²) in [5, 5.41) is 22.2. The number of rotatable bonds is 8. The summed E-state index contributed by atoms with van der Waals surface area (Å²) in [6.07, 6.45) is 0.622. The Bertz CT molecular complexity index is 1360. The van der Waals surface area contributed by atoms with E-state index in [0.717, 1.165) is 71.7 Å². The van der Waals surface area contributed by atoms with E-state index in [4.69, 9.17) is 14.5 Å². The third-order valence-electron chi connectivity index (χ3n) is 7.58. The van der Waals surface area contributed by atoms with Gasteiger partial charge >= 0.3 is 5.97 Å². The van der Waals surface area contributed by atoms with E-state index in [1.165, 1.54) is 0 Å². The lowest BCUT2D eigenvalue weighted by Crippen LogP contribution is -2.42. The van der Waals surface area contributed by atoms with Gasteiger partial charge in [0.25, 0.3) is 0 Å². The maximum Gasteiger partial charge on any atom is 0.306 e. The summed E-state index contributed by atoms with van der Waals surface area (Å²) < 4.78 is 11.7. The molecule has 0 spiro atoms. The molecule has 0 bridgehead atoms. The van der Waals surface area contributed by atoms with Gasteiger partial charge in [0.2, 0.25) is 0 Å². The average molecular weight is 547 g/mol. The van der Waals surface area contributed by atoms with Gasteiger partial charge in [-0.15, -0.1) is 11.3 Å². The average Bonchev–Trinajstić information content (AvgIpc) is 3.43. The van der Waals surface area contributed by atoms with Crippen molar-refractivity contribution in [1.29, 1.82) is 5.26 Å². The number of carbonyl (C=O) groups is 1. The van der Waals surface area contributed by atoms with Crippen molar-refractivity contribution < 1.29 is 19.4 Å². The number of aliphatic carboxylic acids is 1. The molecule has 2 fully saturated rings. The fourth-order valence-corrected chi connectivity index (χ4v) is 6.18. The number of benzene rings is 2. The van der Waals surface area contributed by atoms with Crippen LogP contribution in [0.1, 0.15) is 35.6 Å². The first-order valence-electron chi connectivity index (χ1n) is 13.4. The van der Waals surface area contributed by atoms with Crippen LogP contribution < -0.4 is 9.64 Å². The highest BCUT2D eigenvalue weighted by molar-refractivity contribution is 7.14. The zero-order chi connectivity index (χ0) is 27.4. The normalized spacial score (nSPS) is 20.0. The van der Waals surface area contributed by atoms with Crippen molar-refractivity contribution in [3.05, 3.63) is 64.0 Å². The van der Waals surface area contributed by atoms with Gasteiger partial charge < -0.3 is 19.5 Å². The standard InChI is InChI=1S/C30H34N4O4S/c1-20-3-6-28(38-18-23-5-4-22(14-24(23)15-31)17-33-9-11-37-12-10-33)26(13-20)27-19-39-30(32-27)34-8-7-25(29(35)36)21(2)16-34/h3-6,13-14,19,21,25H,7-12,16-18H2,1-2H3,(H,35,36). The van der Waals surface area contributed by atoms with Gasteiger partial charge in [-0.25, -0.2) is 4.98 Å². The van der Waals surface area contributed by atoms with Gasteiger partial charge in [-0.05, 0) is 43.0 Å². The quantitative estimate of drug-likeness (QED) is 0.424. The van der Waals surface area contributed by atoms with E-state index in [0.29, 0.717) is 25.1 Å². The maximum atomic E-state index is 11.5. The molecule has 0 saturated carbocycles. The van der Waals surface area contributed by atoms with E-state index in [-0.39, 0.29) is 18.4 Å². The second-order valence-electron chi connectivity index (χ2n) is 10.5. The molecule has 2 aliphatic heterocycles. The molecule has 2 atom stereocenters. The van der Waals surface area contributed by atoms with Gasteiger partial charge in [0.15, 0.2) is 5.13 Å². The topological polar surface area (TPSA) is 98.9 Å². The van der Waals surface area contributed by atoms with Gasteiger partial charge in [0.05, 0.1) is 36.5 Å². The molecule has 0 radical (unpaired) electrons. The van der Waals surface area contributed by atoms with Crippen molar-refractivity contribution in [2.75, 3.05) is 44.3 Å². The van der Waals surface area contributed by atoms with Crippen LogP contribution >= 0.6 is 11.3 Å². The number of nitriles is 1. The molecule has 0 aliphatic carbocycles. The lowest BCUT2D eigenvalue weighted by Gasteiger charge is -2.34. The van der Waals surface area contributed by atoms with Crippen molar-refractivity contribution in [2.45, 2.75) is 33.4 Å². The molecule has 39 heavy (non-hydrogen) atoms. The van der Waals surface area contributed by atoms with E-state index in [9.17, 15) is 15.2 Å². The van der Waals surface area contributed by atoms with E-state index in [2.05, 4.69) is 28.0 Å². The van der Waals surface area contributed by atoms with Crippen molar-refractivity contribution >= 4 is 22.4 Å². The van der Waals surface area contributed by atoms with E-state index >= 15 is 0 Å². The van der Waals surface area contributed by atoms with E-state index in [1.807, 2.05) is 43.5 Å². The lowest BCUT2D eigenvalue weighted by molar-refractivity contribution is -0.144. The number of thiazole rings is 1. The highest BCUT2D eigenvalue weighted by atomic mass is 32.1. The zero-order valence-corrected chi connectivity index (χ0v) is 23.2. The van der Waals surface area contributed by atoms with Crippen LogP contribution in [0.15, 0.2) is 41.8 Å². The number of morpholine rings is 1. The molecular formula is C30H34N4O4S. The summed E-state index contributed by atoms with van der Waals surface area (Å²) in [5.74, 6) is -0.230. The monoisotopic (exact) mass is 546 g/mol. The number of nitrogens with zero attached hydrogens (tertiary/aromatic N) is 4. The number of carboxylic acids is 1. The minimum Gasteiger partial charge on any atom is -0.488 e. The number of hydrogen-bond acceptors (Lipinski definition) is 8. The molecule has 9 heteroatoms.